The van der Waals surface area contributed by atoms with Crippen molar-refractivity contribution in [2.75, 3.05) is 21.3 Å². The Morgan fingerprint density at radius 1 is 0.437 bits per heavy atom. The molecule has 27 heteroatoms. The minimum atomic E-state index is -1.18. The third-order valence-corrected chi connectivity index (χ3v) is 12.0. The number of benzene rings is 5. The van der Waals surface area contributed by atoms with Gasteiger partial charge in [0.15, 0.2) is 0 Å². The number of ether oxygens (including phenoxy) is 5. The molecular formula is C60H72Cl2N8O17. The monoisotopic (exact) mass is 1250 g/mol. The van der Waals surface area contributed by atoms with Crippen LogP contribution in [0.15, 0.2) is 115 Å². The van der Waals surface area contributed by atoms with E-state index in [1.165, 1.54) is 45.6 Å². The number of carbonyl (C=O) groups is 11. The van der Waals surface area contributed by atoms with E-state index in [0.717, 1.165) is 11.1 Å². The van der Waals surface area contributed by atoms with Crippen molar-refractivity contribution in [2.45, 2.75) is 103 Å². The predicted molar refractivity (Wildman–Crippen MR) is 320 cm³/mol. The number of esters is 3. The van der Waals surface area contributed by atoms with E-state index in [2.05, 4.69) is 20.7 Å². The van der Waals surface area contributed by atoms with Gasteiger partial charge in [-0.1, -0.05) is 77.8 Å². The van der Waals surface area contributed by atoms with Gasteiger partial charge in [0.2, 0.25) is 23.6 Å². The molecule has 5 aromatic carbocycles. The Balaban J connectivity index is 0.000000401. The summed E-state index contributed by atoms with van der Waals surface area (Å²) in [6, 6.07) is 26.6. The maximum atomic E-state index is 12.5. The van der Waals surface area contributed by atoms with Gasteiger partial charge in [-0.05, 0) is 131 Å². The third-order valence-electron chi connectivity index (χ3n) is 11.4. The summed E-state index contributed by atoms with van der Waals surface area (Å²) in [4.78, 5) is 126. The van der Waals surface area contributed by atoms with E-state index >= 15 is 0 Å². The molecule has 0 fully saturated rings. The molecule has 14 N–H and O–H groups in total. The normalized spacial score (nSPS) is 12.0. The number of rotatable bonds is 20. The van der Waals surface area contributed by atoms with Crippen molar-refractivity contribution in [1.29, 1.82) is 0 Å². The highest BCUT2D eigenvalue weighted by Crippen LogP contribution is 2.24. The van der Waals surface area contributed by atoms with Gasteiger partial charge in [0.25, 0.3) is 5.91 Å². The Bertz CT molecular complexity index is 3180. The lowest BCUT2D eigenvalue weighted by Crippen LogP contribution is -2.45. The molecule has 7 amide bonds. The summed E-state index contributed by atoms with van der Waals surface area (Å²) in [5.41, 5.74) is 29.3. The molecule has 0 aliphatic heterocycles. The molecule has 0 unspecified atom stereocenters. The first-order valence-corrected chi connectivity index (χ1v) is 26.8. The molecule has 0 aliphatic rings. The van der Waals surface area contributed by atoms with Gasteiger partial charge in [-0.15, -0.1) is 0 Å². The summed E-state index contributed by atoms with van der Waals surface area (Å²) in [5, 5.41) is 16.9. The van der Waals surface area contributed by atoms with E-state index in [-0.39, 0.29) is 34.9 Å². The Morgan fingerprint density at radius 2 is 0.713 bits per heavy atom. The minimum Gasteiger partial charge on any atom is -0.480 e. The van der Waals surface area contributed by atoms with Crippen LogP contribution in [0.3, 0.4) is 0 Å². The van der Waals surface area contributed by atoms with E-state index < -0.39 is 101 Å². The summed E-state index contributed by atoms with van der Waals surface area (Å²) in [5.74, 6) is -5.57. The first kappa shape index (κ1) is 73.5. The van der Waals surface area contributed by atoms with Gasteiger partial charge in [0.1, 0.15) is 35.4 Å². The van der Waals surface area contributed by atoms with Crippen LogP contribution in [0.1, 0.15) is 116 Å². The van der Waals surface area contributed by atoms with Gasteiger partial charge < -0.3 is 73.4 Å². The molecule has 5 rings (SSSR count). The molecule has 4 atom stereocenters. The molecule has 0 bridgehead atoms. The molecule has 87 heavy (non-hydrogen) atoms. The molecule has 0 radical (unpaired) electrons. The second-order valence-electron chi connectivity index (χ2n) is 20.6. The molecule has 25 nitrogen and oxygen atoms in total. The number of amides is 7. The number of carbonyl (C=O) groups excluding carboxylic acids is 10. The SMILES string of the molecule is CC(C)(C)OC(=O)N[C@@H](Cc1ccc(C(N)=O)cc1)C(=O)O.COC(=O)[C@@H](N)Cc1ccc(C(N)=O)cc1.COC(=O)[C@H](Cc1ccc(C(N)=O)cc1)NC(=O)OC(C)(C)C.COC(=O)[C@H](Cc1ccc(C(N)=O)cc1)NC(=O)c1c(Cl)cccc1Cl. The molecular weight excluding hydrogens is 1180 g/mol. The molecule has 5 aromatic rings. The van der Waals surface area contributed by atoms with Gasteiger partial charge in [-0.25, -0.2) is 24.0 Å². The first-order chi connectivity index (χ1) is 40.6. The Morgan fingerprint density at radius 3 is 0.989 bits per heavy atom. The van der Waals surface area contributed by atoms with E-state index in [1.807, 2.05) is 0 Å². The second-order valence-corrected chi connectivity index (χ2v) is 21.4. The van der Waals surface area contributed by atoms with Gasteiger partial charge in [-0.3, -0.25) is 28.8 Å². The molecule has 0 heterocycles. The van der Waals surface area contributed by atoms with Crippen molar-refractivity contribution in [2.24, 2.45) is 28.7 Å². The smallest absolute Gasteiger partial charge is 0.408 e. The number of methoxy groups -OCH3 is 3. The zero-order valence-electron chi connectivity index (χ0n) is 49.2. The fraction of sp³-hybridized carbons (Fsp3) is 0.317. The second kappa shape index (κ2) is 35.0. The highest BCUT2D eigenvalue weighted by Gasteiger charge is 2.28. The summed E-state index contributed by atoms with van der Waals surface area (Å²) >= 11 is 12.0. The molecule has 0 aromatic heterocycles. The third kappa shape index (κ3) is 27.3. The lowest BCUT2D eigenvalue weighted by molar-refractivity contribution is -0.143. The molecule has 0 aliphatic carbocycles. The van der Waals surface area contributed by atoms with Gasteiger partial charge in [0, 0.05) is 41.5 Å². The average molecular weight is 1250 g/mol. The fourth-order valence-electron chi connectivity index (χ4n) is 7.13. The van der Waals surface area contributed by atoms with E-state index in [9.17, 15) is 57.8 Å². The van der Waals surface area contributed by atoms with Gasteiger partial charge in [-0.2, -0.15) is 0 Å². The van der Waals surface area contributed by atoms with Crippen LogP contribution in [-0.4, -0.2) is 127 Å². The number of primary amides is 4. The predicted octanol–water partition coefficient (Wildman–Crippen LogP) is 5.13. The molecule has 0 spiro atoms. The van der Waals surface area contributed by atoms with Crippen LogP contribution in [0.25, 0.3) is 0 Å². The summed E-state index contributed by atoms with van der Waals surface area (Å²) in [6.07, 6.45) is -0.723. The lowest BCUT2D eigenvalue weighted by Gasteiger charge is -2.22. The van der Waals surface area contributed by atoms with Crippen molar-refractivity contribution in [3.8, 4) is 0 Å². The van der Waals surface area contributed by atoms with Crippen molar-refractivity contribution < 1.29 is 81.5 Å². The number of hydrogen-bond donors (Lipinski definition) is 9. The zero-order valence-corrected chi connectivity index (χ0v) is 50.7. The summed E-state index contributed by atoms with van der Waals surface area (Å²) in [6.45, 7) is 10.2. The Labute approximate surface area is 512 Å². The standard InChI is InChI=1S/C18H16Cl2N2O4.C16H22N2O5.C15H20N2O5.C11H14N2O3/c1-26-18(25)14(9-10-5-7-11(8-6-10)16(21)23)22-17(24)15-12(19)3-2-4-13(15)20;1-16(2,3)23-15(21)18-12(14(20)22-4)9-10-5-7-11(8-6-10)13(17)19;1-15(2,3)22-14(21)17-11(13(19)20)8-9-4-6-10(7-5-9)12(16)18;1-16-11(15)9(12)6-7-2-4-8(5-3-7)10(13)14/h2-8,14H,9H2,1H3,(H2,21,23)(H,22,24);5-8,12H,9H2,1-4H3,(H2,17,19)(H,18,21);4-7,11H,8H2,1-3H3,(H2,16,18)(H,17,21)(H,19,20);2-5,9H,6,12H2,1H3,(H2,13,14)/t14-;12-;11-;9-/m0000/s1. The number of hydrogen-bond acceptors (Lipinski definition) is 17. The average Bonchev–Trinajstić information content (AvgIpc) is 3.63. The quantitative estimate of drug-likeness (QED) is 0.0360. The Kier molecular flexibility index (Phi) is 29.6. The topological polar surface area (TPSA) is 420 Å². The molecule has 468 valence electrons. The first-order valence-electron chi connectivity index (χ1n) is 26.1. The van der Waals surface area contributed by atoms with Crippen molar-refractivity contribution >= 4 is 88.8 Å². The van der Waals surface area contributed by atoms with E-state index in [4.69, 9.17) is 70.8 Å². The minimum absolute atomic E-state index is 0.0631. The van der Waals surface area contributed by atoms with Gasteiger partial charge in [0.05, 0.1) is 36.9 Å². The maximum Gasteiger partial charge on any atom is 0.408 e. The van der Waals surface area contributed by atoms with Gasteiger partial charge >= 0.3 is 36.1 Å². The van der Waals surface area contributed by atoms with Crippen molar-refractivity contribution in [3.63, 3.8) is 0 Å². The van der Waals surface area contributed by atoms with Crippen molar-refractivity contribution in [3.05, 3.63) is 175 Å². The van der Waals surface area contributed by atoms with Crippen LogP contribution >= 0.6 is 23.2 Å². The Hall–Kier alpha value is -9.59. The number of halogens is 2. The number of nitrogens with one attached hydrogen (secondary N) is 3. The zero-order chi connectivity index (χ0) is 65.9. The van der Waals surface area contributed by atoms with Crippen LogP contribution < -0.4 is 44.6 Å². The number of carboxylic acids is 1. The number of carboxylic acid groups (broad SMARTS) is 1. The van der Waals surface area contributed by atoms with E-state index in [1.54, 1.807) is 133 Å². The van der Waals surface area contributed by atoms with Crippen LogP contribution in [-0.2, 0) is 68.5 Å². The molecule has 0 saturated carbocycles. The summed E-state index contributed by atoms with van der Waals surface area (Å²) in [7, 11) is 3.75. The summed E-state index contributed by atoms with van der Waals surface area (Å²) < 4.78 is 24.1. The lowest BCUT2D eigenvalue weighted by atomic mass is 10.0. The van der Waals surface area contributed by atoms with Crippen LogP contribution in [0.5, 0.6) is 0 Å². The highest BCUT2D eigenvalue weighted by molar-refractivity contribution is 6.39. The highest BCUT2D eigenvalue weighted by atomic mass is 35.5. The van der Waals surface area contributed by atoms with Crippen LogP contribution in [0, 0.1) is 0 Å². The number of aliphatic carboxylic acids is 1. The van der Waals surface area contributed by atoms with E-state index in [0.29, 0.717) is 39.8 Å². The van der Waals surface area contributed by atoms with Crippen LogP contribution in [0.4, 0.5) is 9.59 Å². The fourth-order valence-corrected chi connectivity index (χ4v) is 7.70. The number of alkyl carbamates (subject to hydrolysis) is 2. The maximum absolute atomic E-state index is 12.5. The molecule has 0 saturated heterocycles. The number of nitrogens with two attached hydrogens (primary N) is 5. The largest absolute Gasteiger partial charge is 0.480 e. The van der Waals surface area contributed by atoms with Crippen LogP contribution in [0.2, 0.25) is 10.0 Å². The van der Waals surface area contributed by atoms with Crippen molar-refractivity contribution in [1.82, 2.24) is 16.0 Å².